The van der Waals surface area contributed by atoms with Gasteiger partial charge in [-0.2, -0.15) is 0 Å². The number of nitro groups is 1. The van der Waals surface area contributed by atoms with E-state index in [4.69, 9.17) is 4.42 Å². The highest BCUT2D eigenvalue weighted by atomic mass is 16.6. The molecule has 1 aromatic rings. The Morgan fingerprint density at radius 1 is 1.19 bits per heavy atom. The Morgan fingerprint density at radius 2 is 1.92 bits per heavy atom. The molecule has 3 heterocycles. The maximum absolute atomic E-state index is 12.5. The van der Waals surface area contributed by atoms with Crippen LogP contribution in [0.15, 0.2) is 16.5 Å². The number of piperazine rings is 1. The topological polar surface area (TPSA) is 100 Å². The third-order valence-corrected chi connectivity index (χ3v) is 5.12. The lowest BCUT2D eigenvalue weighted by Gasteiger charge is -2.37. The molecule has 1 atom stereocenters. The highest BCUT2D eigenvalue weighted by Crippen LogP contribution is 2.19. The van der Waals surface area contributed by atoms with Crippen molar-refractivity contribution in [2.24, 2.45) is 0 Å². The van der Waals surface area contributed by atoms with Gasteiger partial charge >= 0.3 is 5.88 Å². The van der Waals surface area contributed by atoms with E-state index in [1.165, 1.54) is 18.6 Å². The molecule has 26 heavy (non-hydrogen) atoms. The second-order valence-electron chi connectivity index (χ2n) is 6.90. The van der Waals surface area contributed by atoms with E-state index in [0.717, 1.165) is 19.4 Å². The Hall–Kier alpha value is -2.42. The van der Waals surface area contributed by atoms with Gasteiger partial charge in [-0.25, -0.2) is 0 Å². The number of furan rings is 1. The average Bonchev–Trinajstić information content (AvgIpc) is 3.12. The molecule has 2 aliphatic heterocycles. The monoisotopic (exact) mass is 364 g/mol. The van der Waals surface area contributed by atoms with Crippen molar-refractivity contribution >= 4 is 17.7 Å². The molecule has 1 unspecified atom stereocenters. The van der Waals surface area contributed by atoms with Gasteiger partial charge in [-0.05, 0) is 32.3 Å². The second kappa shape index (κ2) is 7.86. The molecule has 2 amide bonds. The van der Waals surface area contributed by atoms with Crippen molar-refractivity contribution in [3.05, 3.63) is 28.0 Å². The first-order chi connectivity index (χ1) is 12.5. The van der Waals surface area contributed by atoms with Crippen molar-refractivity contribution in [1.82, 2.24) is 14.7 Å². The van der Waals surface area contributed by atoms with Crippen LogP contribution in [0.25, 0.3) is 0 Å². The van der Waals surface area contributed by atoms with Crippen molar-refractivity contribution < 1.29 is 18.9 Å². The molecule has 0 aromatic carbocycles. The van der Waals surface area contributed by atoms with E-state index in [1.54, 1.807) is 4.90 Å². The smallest absolute Gasteiger partial charge is 0.395 e. The van der Waals surface area contributed by atoms with Crippen LogP contribution in [0.1, 0.15) is 36.7 Å². The van der Waals surface area contributed by atoms with Crippen LogP contribution in [0.5, 0.6) is 0 Å². The molecule has 142 valence electrons. The number of carbonyl (C=O) groups excluding carboxylic acids is 2. The molecule has 2 fully saturated rings. The number of hydrogen-bond donors (Lipinski definition) is 0. The second-order valence-corrected chi connectivity index (χ2v) is 6.90. The van der Waals surface area contributed by atoms with Gasteiger partial charge in [-0.3, -0.25) is 24.6 Å². The maximum atomic E-state index is 12.5. The van der Waals surface area contributed by atoms with Gasteiger partial charge in [-0.1, -0.05) is 0 Å². The van der Waals surface area contributed by atoms with Gasteiger partial charge in [0.2, 0.25) is 5.91 Å². The number of piperidine rings is 1. The molecule has 1 aromatic heterocycles. The number of hydrogen-bond acceptors (Lipinski definition) is 6. The van der Waals surface area contributed by atoms with E-state index < -0.39 is 10.8 Å². The Morgan fingerprint density at radius 3 is 2.54 bits per heavy atom. The van der Waals surface area contributed by atoms with E-state index in [1.807, 2.05) is 4.90 Å². The molecule has 9 heteroatoms. The quantitative estimate of drug-likeness (QED) is 0.590. The molecule has 0 saturated carbocycles. The molecule has 0 N–H and O–H groups in total. The van der Waals surface area contributed by atoms with Crippen molar-refractivity contribution in [3.63, 3.8) is 0 Å². The van der Waals surface area contributed by atoms with Crippen molar-refractivity contribution in [1.29, 1.82) is 0 Å². The van der Waals surface area contributed by atoms with Gasteiger partial charge in [0.05, 0.1) is 12.6 Å². The molecule has 0 radical (unpaired) electrons. The van der Waals surface area contributed by atoms with Crippen LogP contribution in [-0.2, 0) is 4.79 Å². The van der Waals surface area contributed by atoms with Crippen LogP contribution in [0.2, 0.25) is 0 Å². The minimum Gasteiger partial charge on any atom is -0.395 e. The van der Waals surface area contributed by atoms with E-state index in [9.17, 15) is 19.7 Å². The van der Waals surface area contributed by atoms with Gasteiger partial charge < -0.3 is 14.2 Å². The number of nitrogens with zero attached hydrogens (tertiary/aromatic N) is 4. The first-order valence-electron chi connectivity index (χ1n) is 9.01. The predicted octanol–water partition coefficient (Wildman–Crippen LogP) is 1.35. The third kappa shape index (κ3) is 4.04. The molecular weight excluding hydrogens is 340 g/mol. The van der Waals surface area contributed by atoms with Gasteiger partial charge in [-0.15, -0.1) is 0 Å². The summed E-state index contributed by atoms with van der Waals surface area (Å²) < 4.78 is 4.98. The lowest BCUT2D eigenvalue weighted by Crippen LogP contribution is -2.53. The molecule has 9 nitrogen and oxygen atoms in total. The maximum Gasteiger partial charge on any atom is 0.433 e. The summed E-state index contributed by atoms with van der Waals surface area (Å²) in [6.07, 6.45) is 3.30. The van der Waals surface area contributed by atoms with Crippen LogP contribution in [0.3, 0.4) is 0 Å². The minimum absolute atomic E-state index is 0.0247. The zero-order valence-corrected chi connectivity index (χ0v) is 14.9. The van der Waals surface area contributed by atoms with E-state index in [0.29, 0.717) is 38.8 Å². The summed E-state index contributed by atoms with van der Waals surface area (Å²) in [5, 5.41) is 10.7. The number of amides is 2. The lowest BCUT2D eigenvalue weighted by molar-refractivity contribution is -0.402. The summed E-state index contributed by atoms with van der Waals surface area (Å²) in [4.78, 5) is 40.5. The van der Waals surface area contributed by atoms with Crippen LogP contribution in [-0.4, -0.2) is 76.7 Å². The predicted molar refractivity (Wildman–Crippen MR) is 92.7 cm³/mol. The fourth-order valence-corrected chi connectivity index (χ4v) is 3.56. The molecular formula is C17H24N4O5. The largest absolute Gasteiger partial charge is 0.433 e. The Labute approximate surface area is 151 Å². The molecule has 2 aliphatic rings. The van der Waals surface area contributed by atoms with Crippen LogP contribution >= 0.6 is 0 Å². The third-order valence-electron chi connectivity index (χ3n) is 5.12. The fourth-order valence-electron chi connectivity index (χ4n) is 3.56. The van der Waals surface area contributed by atoms with Crippen LogP contribution in [0, 0.1) is 10.1 Å². The zero-order chi connectivity index (χ0) is 18.7. The van der Waals surface area contributed by atoms with Crippen molar-refractivity contribution in [2.75, 3.05) is 39.3 Å². The Bertz CT molecular complexity index is 680. The van der Waals surface area contributed by atoms with Gasteiger partial charge in [0.25, 0.3) is 5.91 Å². The van der Waals surface area contributed by atoms with Crippen LogP contribution < -0.4 is 0 Å². The van der Waals surface area contributed by atoms with Gasteiger partial charge in [0.1, 0.15) is 4.92 Å². The zero-order valence-electron chi connectivity index (χ0n) is 14.9. The summed E-state index contributed by atoms with van der Waals surface area (Å²) >= 11 is 0. The summed E-state index contributed by atoms with van der Waals surface area (Å²) in [5.41, 5.74) is 0. The number of likely N-dealkylation sites (tertiary alicyclic amines) is 1. The SMILES string of the molecule is CC1CCCCN1C(=O)CN1CCN(C(=O)c2ccc([N+](=O)[O-])o2)CC1. The fraction of sp³-hybridized carbons (Fsp3) is 0.647. The molecule has 0 aliphatic carbocycles. The summed E-state index contributed by atoms with van der Waals surface area (Å²) in [7, 11) is 0. The standard InChI is InChI=1S/C17H24N4O5/c1-13-4-2-3-7-20(13)15(22)12-18-8-10-19(11-9-18)17(23)14-5-6-16(26-14)21(24)25/h5-6,13H,2-4,7-12H2,1H3. The van der Waals surface area contributed by atoms with Crippen molar-refractivity contribution in [2.45, 2.75) is 32.2 Å². The highest BCUT2D eigenvalue weighted by Gasteiger charge is 2.29. The Kier molecular flexibility index (Phi) is 5.55. The van der Waals surface area contributed by atoms with Gasteiger partial charge in [0, 0.05) is 38.8 Å². The molecule has 0 bridgehead atoms. The van der Waals surface area contributed by atoms with Crippen LogP contribution in [0.4, 0.5) is 5.88 Å². The molecule has 3 rings (SSSR count). The average molecular weight is 364 g/mol. The summed E-state index contributed by atoms with van der Waals surface area (Å²) in [5.74, 6) is -0.663. The normalized spacial score (nSPS) is 21.7. The Balaban J connectivity index is 1.49. The minimum atomic E-state index is -0.665. The van der Waals surface area contributed by atoms with E-state index in [-0.39, 0.29) is 17.6 Å². The summed E-state index contributed by atoms with van der Waals surface area (Å²) in [6, 6.07) is 2.81. The van der Waals surface area contributed by atoms with Crippen molar-refractivity contribution in [3.8, 4) is 0 Å². The van der Waals surface area contributed by atoms with E-state index >= 15 is 0 Å². The lowest BCUT2D eigenvalue weighted by atomic mass is 10.0. The van der Waals surface area contributed by atoms with Gasteiger partial charge in [0.15, 0.2) is 5.76 Å². The highest BCUT2D eigenvalue weighted by molar-refractivity contribution is 5.91. The number of rotatable bonds is 4. The molecule has 0 spiro atoms. The first kappa shape index (κ1) is 18.4. The van der Waals surface area contributed by atoms with E-state index in [2.05, 4.69) is 11.8 Å². The first-order valence-corrected chi connectivity index (χ1v) is 9.01. The molecule has 2 saturated heterocycles. The summed E-state index contributed by atoms with van der Waals surface area (Å²) in [6.45, 7) is 5.43. The number of carbonyl (C=O) groups is 2.